The second kappa shape index (κ2) is 8.03. The highest BCUT2D eigenvalue weighted by atomic mass is 32.1. The van der Waals surface area contributed by atoms with Gasteiger partial charge in [0.2, 0.25) is 5.95 Å². The number of fused-ring (bicyclic) bond motifs is 2. The van der Waals surface area contributed by atoms with Crippen LogP contribution in [-0.2, 0) is 18.6 Å². The van der Waals surface area contributed by atoms with Gasteiger partial charge in [0.05, 0.1) is 4.88 Å². The van der Waals surface area contributed by atoms with E-state index in [4.69, 9.17) is 0 Å². The van der Waals surface area contributed by atoms with Gasteiger partial charge in [0.25, 0.3) is 5.56 Å². The zero-order valence-corrected chi connectivity index (χ0v) is 19.8. The van der Waals surface area contributed by atoms with E-state index in [0.717, 1.165) is 36.7 Å². The van der Waals surface area contributed by atoms with Gasteiger partial charge in [-0.3, -0.25) is 4.79 Å². The van der Waals surface area contributed by atoms with Crippen LogP contribution in [0.15, 0.2) is 35.3 Å². The summed E-state index contributed by atoms with van der Waals surface area (Å²) in [5, 5.41) is 7.03. The lowest BCUT2D eigenvalue weighted by Crippen LogP contribution is -2.24. The molecule has 1 aromatic carbocycles. The van der Waals surface area contributed by atoms with E-state index in [-0.39, 0.29) is 11.6 Å². The third kappa shape index (κ3) is 3.93. The minimum atomic E-state index is -1.52. The third-order valence-electron chi connectivity index (χ3n) is 5.76. The first-order valence-corrected chi connectivity index (χ1v) is 11.8. The molecule has 0 bridgehead atoms. The van der Waals surface area contributed by atoms with Gasteiger partial charge in [0.1, 0.15) is 11.1 Å². The molecule has 2 N–H and O–H groups in total. The Morgan fingerprint density at radius 2 is 2.06 bits per heavy atom. The molecule has 5 rings (SSSR count). The molecule has 172 valence electrons. The van der Waals surface area contributed by atoms with Crippen LogP contribution in [-0.4, -0.2) is 30.2 Å². The zero-order valence-electron chi connectivity index (χ0n) is 19.0. The van der Waals surface area contributed by atoms with Gasteiger partial charge in [-0.25, -0.2) is 18.7 Å². The number of nitrogens with one attached hydrogen (secondary N) is 2. The molecule has 4 aromatic rings. The van der Waals surface area contributed by atoms with E-state index in [1.165, 1.54) is 31.2 Å². The first-order chi connectivity index (χ1) is 15.7. The Labute approximate surface area is 194 Å². The molecule has 10 heteroatoms. The highest BCUT2D eigenvalue weighted by Gasteiger charge is 2.26. The minimum Gasteiger partial charge on any atom is -0.324 e. The van der Waals surface area contributed by atoms with Crippen molar-refractivity contribution in [2.75, 3.05) is 11.9 Å². The number of aromatic nitrogens is 5. The van der Waals surface area contributed by atoms with Gasteiger partial charge in [-0.2, -0.15) is 9.36 Å². The van der Waals surface area contributed by atoms with Crippen molar-refractivity contribution in [1.82, 2.24) is 29.0 Å². The number of rotatable bonds is 5. The van der Waals surface area contributed by atoms with Crippen LogP contribution in [0.5, 0.6) is 0 Å². The second-order valence-corrected chi connectivity index (χ2v) is 9.85. The van der Waals surface area contributed by atoms with E-state index in [9.17, 15) is 9.18 Å². The molecule has 0 spiro atoms. The van der Waals surface area contributed by atoms with E-state index >= 15 is 0 Å². The lowest BCUT2D eigenvalue weighted by atomic mass is 10.0. The van der Waals surface area contributed by atoms with Gasteiger partial charge in [-0.1, -0.05) is 6.07 Å². The van der Waals surface area contributed by atoms with Crippen LogP contribution in [0, 0.1) is 0 Å². The maximum atomic E-state index is 14.5. The quantitative estimate of drug-likeness (QED) is 0.457. The SMILES string of the molecule is CC(C)n1c(=O)c2cnc(Nc3ccc4c(c3)CNCC4)nc2n1-c1cc(C(C)(C)F)sn1. The predicted octanol–water partition coefficient (Wildman–Crippen LogP) is 4.21. The number of hydrogen-bond donors (Lipinski definition) is 2. The third-order valence-corrected chi connectivity index (χ3v) is 6.84. The molecule has 0 fully saturated rings. The summed E-state index contributed by atoms with van der Waals surface area (Å²) in [4.78, 5) is 22.7. The summed E-state index contributed by atoms with van der Waals surface area (Å²) < 4.78 is 22.2. The first kappa shape index (κ1) is 21.7. The van der Waals surface area contributed by atoms with Gasteiger partial charge in [-0.05, 0) is 75.5 Å². The van der Waals surface area contributed by atoms with Gasteiger partial charge in [0.15, 0.2) is 11.5 Å². The van der Waals surface area contributed by atoms with Crippen molar-refractivity contribution in [3.05, 3.63) is 56.8 Å². The van der Waals surface area contributed by atoms with Crippen LogP contribution in [0.1, 0.15) is 49.7 Å². The highest BCUT2D eigenvalue weighted by Crippen LogP contribution is 2.31. The fourth-order valence-electron chi connectivity index (χ4n) is 4.08. The molecule has 0 amide bonds. The Morgan fingerprint density at radius 1 is 1.24 bits per heavy atom. The molecule has 8 nitrogen and oxygen atoms in total. The van der Waals surface area contributed by atoms with E-state index in [0.29, 0.717) is 27.7 Å². The number of benzene rings is 1. The molecule has 33 heavy (non-hydrogen) atoms. The summed E-state index contributed by atoms with van der Waals surface area (Å²) in [6.45, 7) is 8.63. The normalized spacial score (nSPS) is 14.1. The zero-order chi connectivity index (χ0) is 23.3. The summed E-state index contributed by atoms with van der Waals surface area (Å²) in [6, 6.07) is 7.75. The number of halogens is 1. The molecule has 0 aliphatic carbocycles. The highest BCUT2D eigenvalue weighted by molar-refractivity contribution is 7.06. The lowest BCUT2D eigenvalue weighted by Gasteiger charge is -2.18. The number of anilines is 2. The maximum absolute atomic E-state index is 14.5. The molecule has 3 aromatic heterocycles. The molecule has 0 radical (unpaired) electrons. The average molecular weight is 468 g/mol. The van der Waals surface area contributed by atoms with Gasteiger partial charge < -0.3 is 10.6 Å². The predicted molar refractivity (Wildman–Crippen MR) is 128 cm³/mol. The Morgan fingerprint density at radius 3 is 2.79 bits per heavy atom. The lowest BCUT2D eigenvalue weighted by molar-refractivity contribution is 0.227. The van der Waals surface area contributed by atoms with Crippen molar-refractivity contribution in [2.45, 2.75) is 52.4 Å². The monoisotopic (exact) mass is 467 g/mol. The largest absolute Gasteiger partial charge is 0.324 e. The van der Waals surface area contributed by atoms with Crippen molar-refractivity contribution in [2.24, 2.45) is 0 Å². The van der Waals surface area contributed by atoms with Crippen molar-refractivity contribution in [1.29, 1.82) is 0 Å². The number of nitrogens with zero attached hydrogens (tertiary/aromatic N) is 5. The summed E-state index contributed by atoms with van der Waals surface area (Å²) >= 11 is 1.08. The molecular weight excluding hydrogens is 441 g/mol. The first-order valence-electron chi connectivity index (χ1n) is 11.0. The van der Waals surface area contributed by atoms with Crippen LogP contribution in [0.25, 0.3) is 16.9 Å². The van der Waals surface area contributed by atoms with Crippen LogP contribution < -0.4 is 16.2 Å². The number of alkyl halides is 1. The Hall–Kier alpha value is -3.11. The summed E-state index contributed by atoms with van der Waals surface area (Å²) in [7, 11) is 0. The standard InChI is InChI=1S/C23H26FN7OS/c1-13(2)30-21(32)17-12-26-22(27-16-6-5-14-7-8-25-11-15(14)9-16)28-20(17)31(30)19-10-18(33-29-19)23(3,4)24/h5-6,9-10,12-13,25H,7-8,11H2,1-4H3,(H,26,27,28). The van der Waals surface area contributed by atoms with E-state index in [1.54, 1.807) is 15.4 Å². The molecule has 0 atom stereocenters. The van der Waals surface area contributed by atoms with E-state index in [1.807, 2.05) is 19.9 Å². The molecule has 1 aliphatic heterocycles. The van der Waals surface area contributed by atoms with Crippen LogP contribution in [0.2, 0.25) is 0 Å². The fraction of sp³-hybridized carbons (Fsp3) is 0.391. The minimum absolute atomic E-state index is 0.153. The van der Waals surface area contributed by atoms with Gasteiger partial charge in [0, 0.05) is 30.5 Å². The molecular formula is C23H26FN7OS. The van der Waals surface area contributed by atoms with Crippen molar-refractivity contribution in [3.63, 3.8) is 0 Å². The van der Waals surface area contributed by atoms with Crippen LogP contribution in [0.4, 0.5) is 16.0 Å². The summed E-state index contributed by atoms with van der Waals surface area (Å²) in [5.41, 5.74) is 2.17. The molecule has 0 unspecified atom stereocenters. The average Bonchev–Trinajstić information content (AvgIpc) is 3.37. The fourth-order valence-corrected chi connectivity index (χ4v) is 4.78. The summed E-state index contributed by atoms with van der Waals surface area (Å²) in [5.74, 6) is 0.841. The number of hydrogen-bond acceptors (Lipinski definition) is 7. The molecule has 4 heterocycles. The van der Waals surface area contributed by atoms with Crippen molar-refractivity contribution < 1.29 is 4.39 Å². The second-order valence-electron chi connectivity index (χ2n) is 9.04. The van der Waals surface area contributed by atoms with Crippen LogP contribution in [0.3, 0.4) is 0 Å². The molecule has 0 saturated heterocycles. The van der Waals surface area contributed by atoms with Crippen molar-refractivity contribution >= 4 is 34.2 Å². The summed E-state index contributed by atoms with van der Waals surface area (Å²) in [6.07, 6.45) is 2.55. The van der Waals surface area contributed by atoms with E-state index < -0.39 is 5.67 Å². The van der Waals surface area contributed by atoms with Crippen LogP contribution >= 0.6 is 11.5 Å². The Balaban J connectivity index is 1.61. The van der Waals surface area contributed by atoms with Crippen molar-refractivity contribution in [3.8, 4) is 5.82 Å². The Bertz CT molecular complexity index is 1400. The smallest absolute Gasteiger partial charge is 0.278 e. The van der Waals surface area contributed by atoms with E-state index in [2.05, 4.69) is 37.1 Å². The molecule has 1 aliphatic rings. The topological polar surface area (TPSA) is 89.7 Å². The van der Waals surface area contributed by atoms with Gasteiger partial charge in [-0.15, -0.1) is 0 Å². The Kier molecular flexibility index (Phi) is 5.29. The van der Waals surface area contributed by atoms with Gasteiger partial charge >= 0.3 is 0 Å². The molecule has 0 saturated carbocycles. The maximum Gasteiger partial charge on any atom is 0.278 e.